The van der Waals surface area contributed by atoms with Crippen molar-refractivity contribution < 1.29 is 18.3 Å². The Balaban J connectivity index is 1.94. The standard InChI is InChI=1S/C19H21N3O4S/c20-27(24,25)17-9-7-16(8-10-17)19(14-26-12-4-11-23)13-18(21-22-19)15-5-2-1-3-6-15/h1-3,5-10,13,23H,4,11-12,14H2,(H2,20,24,25). The molecule has 3 rings (SSSR count). The summed E-state index contributed by atoms with van der Waals surface area (Å²) < 4.78 is 28.7. The van der Waals surface area contributed by atoms with Gasteiger partial charge in [0.2, 0.25) is 10.0 Å². The number of nitrogens with zero attached hydrogens (tertiary/aromatic N) is 2. The number of hydrogen-bond acceptors (Lipinski definition) is 6. The summed E-state index contributed by atoms with van der Waals surface area (Å²) in [4.78, 5) is 0.0322. The lowest BCUT2D eigenvalue weighted by Gasteiger charge is -2.23. The van der Waals surface area contributed by atoms with E-state index >= 15 is 0 Å². The highest BCUT2D eigenvalue weighted by molar-refractivity contribution is 7.89. The lowest BCUT2D eigenvalue weighted by Crippen LogP contribution is -2.26. The minimum atomic E-state index is -3.77. The van der Waals surface area contributed by atoms with Gasteiger partial charge in [0, 0.05) is 18.8 Å². The van der Waals surface area contributed by atoms with Crippen molar-refractivity contribution in [3.05, 3.63) is 71.8 Å². The zero-order valence-corrected chi connectivity index (χ0v) is 15.5. The molecule has 0 saturated heterocycles. The van der Waals surface area contributed by atoms with Gasteiger partial charge in [-0.3, -0.25) is 0 Å². The van der Waals surface area contributed by atoms with Crippen LogP contribution in [-0.4, -0.2) is 33.3 Å². The van der Waals surface area contributed by atoms with Crippen molar-refractivity contribution in [1.82, 2.24) is 0 Å². The summed E-state index contributed by atoms with van der Waals surface area (Å²) in [5, 5.41) is 22.9. The Bertz CT molecular complexity index is 941. The molecular formula is C19H21N3O4S. The molecular weight excluding hydrogens is 366 g/mol. The van der Waals surface area contributed by atoms with Crippen molar-refractivity contribution in [3.8, 4) is 0 Å². The molecule has 0 aromatic heterocycles. The Labute approximate surface area is 158 Å². The molecule has 142 valence electrons. The number of aliphatic hydroxyl groups excluding tert-OH is 1. The lowest BCUT2D eigenvalue weighted by molar-refractivity contribution is 0.0873. The summed E-state index contributed by atoms with van der Waals surface area (Å²) in [5.41, 5.74) is 1.53. The van der Waals surface area contributed by atoms with Crippen molar-refractivity contribution >= 4 is 15.7 Å². The van der Waals surface area contributed by atoms with Crippen LogP contribution in [0.15, 0.2) is 75.8 Å². The van der Waals surface area contributed by atoms with Crippen LogP contribution in [0.1, 0.15) is 17.5 Å². The summed E-state index contributed by atoms with van der Waals surface area (Å²) in [7, 11) is -3.77. The first-order valence-corrected chi connectivity index (χ1v) is 10.0. The summed E-state index contributed by atoms with van der Waals surface area (Å²) in [5.74, 6) is 0. The molecule has 8 heteroatoms. The maximum Gasteiger partial charge on any atom is 0.238 e. The van der Waals surface area contributed by atoms with Gasteiger partial charge in [0.25, 0.3) is 0 Å². The van der Waals surface area contributed by atoms with Crippen LogP contribution >= 0.6 is 0 Å². The zero-order chi connectivity index (χ0) is 19.3. The second kappa shape index (κ2) is 8.10. The molecule has 2 aromatic rings. The number of primary sulfonamides is 1. The van der Waals surface area contributed by atoms with Gasteiger partial charge in [-0.1, -0.05) is 42.5 Å². The molecule has 0 amide bonds. The van der Waals surface area contributed by atoms with Gasteiger partial charge in [-0.15, -0.1) is 0 Å². The molecule has 1 aliphatic heterocycles. The van der Waals surface area contributed by atoms with E-state index in [1.807, 2.05) is 36.4 Å². The smallest absolute Gasteiger partial charge is 0.238 e. The molecule has 1 atom stereocenters. The predicted octanol–water partition coefficient (Wildman–Crippen LogP) is 2.44. The molecule has 3 N–H and O–H groups in total. The first-order valence-electron chi connectivity index (χ1n) is 8.48. The highest BCUT2D eigenvalue weighted by atomic mass is 32.2. The molecule has 1 heterocycles. The molecule has 0 bridgehead atoms. The summed E-state index contributed by atoms with van der Waals surface area (Å²) >= 11 is 0. The number of rotatable bonds is 8. The van der Waals surface area contributed by atoms with E-state index in [1.54, 1.807) is 12.1 Å². The van der Waals surface area contributed by atoms with E-state index in [2.05, 4.69) is 10.2 Å². The van der Waals surface area contributed by atoms with Gasteiger partial charge in [-0.2, -0.15) is 10.2 Å². The van der Waals surface area contributed by atoms with Crippen molar-refractivity contribution in [1.29, 1.82) is 0 Å². The van der Waals surface area contributed by atoms with Crippen molar-refractivity contribution in [2.45, 2.75) is 16.9 Å². The third kappa shape index (κ3) is 4.48. The summed E-state index contributed by atoms with van der Waals surface area (Å²) in [6.45, 7) is 0.655. The molecule has 2 aromatic carbocycles. The third-order valence-corrected chi connectivity index (χ3v) is 5.16. The normalized spacial score (nSPS) is 19.3. The molecule has 0 spiro atoms. The first-order chi connectivity index (χ1) is 12.9. The number of nitrogens with two attached hydrogens (primary N) is 1. The first kappa shape index (κ1) is 19.4. The number of benzene rings is 2. The summed E-state index contributed by atoms with van der Waals surface area (Å²) in [6.07, 6.45) is 2.43. The van der Waals surface area contributed by atoms with Gasteiger partial charge in [-0.05, 0) is 30.2 Å². The topological polar surface area (TPSA) is 114 Å². The van der Waals surface area contributed by atoms with Crippen LogP contribution in [0.4, 0.5) is 0 Å². The quantitative estimate of drug-likeness (QED) is 0.677. The molecule has 0 fully saturated rings. The minimum absolute atomic E-state index is 0.0322. The maximum absolute atomic E-state index is 11.5. The van der Waals surface area contributed by atoms with Crippen LogP contribution < -0.4 is 5.14 Å². The van der Waals surface area contributed by atoms with E-state index in [9.17, 15) is 8.42 Å². The fraction of sp³-hybridized carbons (Fsp3) is 0.263. The van der Waals surface area contributed by atoms with Crippen molar-refractivity contribution in [2.75, 3.05) is 19.8 Å². The lowest BCUT2D eigenvalue weighted by atomic mass is 9.90. The van der Waals surface area contributed by atoms with Crippen LogP contribution in [-0.2, 0) is 20.3 Å². The average molecular weight is 387 g/mol. The van der Waals surface area contributed by atoms with E-state index in [1.165, 1.54) is 12.1 Å². The van der Waals surface area contributed by atoms with Crippen LogP contribution in [0, 0.1) is 0 Å². The number of ether oxygens (including phenoxy) is 1. The second-order valence-corrected chi connectivity index (χ2v) is 7.78. The molecule has 1 aliphatic rings. The van der Waals surface area contributed by atoms with E-state index in [-0.39, 0.29) is 18.1 Å². The molecule has 27 heavy (non-hydrogen) atoms. The van der Waals surface area contributed by atoms with Gasteiger partial charge in [0.05, 0.1) is 17.2 Å². The monoisotopic (exact) mass is 387 g/mol. The van der Waals surface area contributed by atoms with Gasteiger partial charge in [0.1, 0.15) is 0 Å². The Morgan fingerprint density at radius 2 is 1.78 bits per heavy atom. The van der Waals surface area contributed by atoms with E-state index < -0.39 is 15.6 Å². The van der Waals surface area contributed by atoms with Crippen LogP contribution in [0.3, 0.4) is 0 Å². The Morgan fingerprint density at radius 1 is 1.07 bits per heavy atom. The van der Waals surface area contributed by atoms with Gasteiger partial charge >= 0.3 is 0 Å². The third-order valence-electron chi connectivity index (χ3n) is 4.23. The van der Waals surface area contributed by atoms with Crippen LogP contribution in [0.5, 0.6) is 0 Å². The van der Waals surface area contributed by atoms with E-state index in [0.717, 1.165) is 16.8 Å². The average Bonchev–Trinajstić information content (AvgIpc) is 3.11. The van der Waals surface area contributed by atoms with Gasteiger partial charge < -0.3 is 9.84 Å². The molecule has 1 unspecified atom stereocenters. The van der Waals surface area contributed by atoms with E-state index in [4.69, 9.17) is 15.0 Å². The fourth-order valence-electron chi connectivity index (χ4n) is 2.80. The van der Waals surface area contributed by atoms with E-state index in [0.29, 0.717) is 13.0 Å². The number of azo groups is 1. The Hall–Kier alpha value is -2.39. The predicted molar refractivity (Wildman–Crippen MR) is 101 cm³/mol. The summed E-state index contributed by atoms with van der Waals surface area (Å²) in [6, 6.07) is 15.9. The van der Waals surface area contributed by atoms with Crippen molar-refractivity contribution in [3.63, 3.8) is 0 Å². The van der Waals surface area contributed by atoms with Crippen LogP contribution in [0.25, 0.3) is 5.70 Å². The Kier molecular flexibility index (Phi) is 5.81. The molecule has 0 radical (unpaired) electrons. The Morgan fingerprint density at radius 3 is 2.41 bits per heavy atom. The highest BCUT2D eigenvalue weighted by Crippen LogP contribution is 2.38. The number of aliphatic hydroxyl groups is 1. The molecule has 0 aliphatic carbocycles. The number of sulfonamides is 1. The van der Waals surface area contributed by atoms with Gasteiger partial charge in [0.15, 0.2) is 5.54 Å². The second-order valence-electron chi connectivity index (χ2n) is 6.22. The fourth-order valence-corrected chi connectivity index (χ4v) is 3.31. The van der Waals surface area contributed by atoms with Gasteiger partial charge in [-0.25, -0.2) is 13.6 Å². The van der Waals surface area contributed by atoms with Crippen molar-refractivity contribution in [2.24, 2.45) is 15.4 Å². The number of hydrogen-bond donors (Lipinski definition) is 2. The minimum Gasteiger partial charge on any atom is -0.396 e. The molecule has 0 saturated carbocycles. The van der Waals surface area contributed by atoms with Crippen LogP contribution in [0.2, 0.25) is 0 Å². The highest BCUT2D eigenvalue weighted by Gasteiger charge is 2.35. The maximum atomic E-state index is 11.5. The largest absolute Gasteiger partial charge is 0.396 e. The molecule has 7 nitrogen and oxygen atoms in total. The SMILES string of the molecule is NS(=O)(=O)c1ccc(C2(COCCCO)C=C(c3ccccc3)N=N2)cc1. The zero-order valence-electron chi connectivity index (χ0n) is 14.7.